The Balaban J connectivity index is 2.06. The molecule has 0 aromatic carbocycles. The van der Waals surface area contributed by atoms with Crippen LogP contribution in [0.4, 0.5) is 4.39 Å². The van der Waals surface area contributed by atoms with Crippen LogP contribution in [-0.2, 0) is 4.74 Å². The highest BCUT2D eigenvalue weighted by atomic mass is 19.1. The number of aromatic nitrogens is 4. The summed E-state index contributed by atoms with van der Waals surface area (Å²) in [4.78, 5) is 28.9. The summed E-state index contributed by atoms with van der Waals surface area (Å²) in [6, 6.07) is 0.281. The van der Waals surface area contributed by atoms with Gasteiger partial charge in [0.05, 0.1) is 12.9 Å². The van der Waals surface area contributed by atoms with Crippen molar-refractivity contribution >= 4 is 0 Å². The molecular formula is C12H13FN4O4. The first-order valence-corrected chi connectivity index (χ1v) is 6.31. The highest BCUT2D eigenvalue weighted by molar-refractivity contribution is 4.98. The van der Waals surface area contributed by atoms with E-state index >= 15 is 0 Å². The lowest BCUT2D eigenvalue weighted by Gasteiger charge is -2.21. The van der Waals surface area contributed by atoms with Gasteiger partial charge in [-0.3, -0.25) is 14.3 Å². The molecule has 1 aliphatic rings. The van der Waals surface area contributed by atoms with Crippen molar-refractivity contribution in [1.82, 2.24) is 19.1 Å². The van der Waals surface area contributed by atoms with E-state index in [0.717, 1.165) is 10.6 Å². The minimum Gasteiger partial charge on any atom is -0.394 e. The van der Waals surface area contributed by atoms with E-state index in [1.54, 1.807) is 6.20 Å². The van der Waals surface area contributed by atoms with Crippen molar-refractivity contribution in [2.75, 3.05) is 6.61 Å². The molecule has 0 amide bonds. The number of hydrogen-bond acceptors (Lipinski definition) is 5. The maximum atomic E-state index is 14.4. The molecule has 8 nitrogen and oxygen atoms in total. The van der Waals surface area contributed by atoms with Crippen molar-refractivity contribution in [2.24, 2.45) is 0 Å². The number of nitrogens with zero attached hydrogens (tertiary/aromatic N) is 3. The van der Waals surface area contributed by atoms with E-state index in [0.29, 0.717) is 0 Å². The van der Waals surface area contributed by atoms with Crippen LogP contribution < -0.4 is 11.2 Å². The molecule has 4 atom stereocenters. The summed E-state index contributed by atoms with van der Waals surface area (Å²) >= 11 is 0. The van der Waals surface area contributed by atoms with E-state index < -0.39 is 42.4 Å². The van der Waals surface area contributed by atoms with Gasteiger partial charge in [-0.05, 0) is 0 Å². The highest BCUT2D eigenvalue weighted by Crippen LogP contribution is 2.39. The second-order valence-corrected chi connectivity index (χ2v) is 4.71. The summed E-state index contributed by atoms with van der Waals surface area (Å²) in [5.74, 6) is 0. The smallest absolute Gasteiger partial charge is 0.330 e. The van der Waals surface area contributed by atoms with E-state index in [-0.39, 0.29) is 0 Å². The van der Waals surface area contributed by atoms with Crippen LogP contribution >= 0.6 is 0 Å². The number of rotatable bonds is 3. The van der Waals surface area contributed by atoms with Gasteiger partial charge in [-0.1, -0.05) is 0 Å². The lowest BCUT2D eigenvalue weighted by molar-refractivity contribution is -0.0403. The van der Waals surface area contributed by atoms with Crippen molar-refractivity contribution in [3.8, 4) is 0 Å². The molecule has 0 unspecified atom stereocenters. The number of halogens is 1. The van der Waals surface area contributed by atoms with E-state index in [9.17, 15) is 19.1 Å². The third-order valence-corrected chi connectivity index (χ3v) is 3.46. The molecular weight excluding hydrogens is 283 g/mol. The molecule has 9 heteroatoms. The number of H-pyrrole nitrogens is 1. The average molecular weight is 296 g/mol. The third-order valence-electron chi connectivity index (χ3n) is 3.46. The van der Waals surface area contributed by atoms with E-state index in [2.05, 4.69) is 9.97 Å². The Morgan fingerprint density at radius 2 is 2.24 bits per heavy atom. The van der Waals surface area contributed by atoms with Crippen LogP contribution in [-0.4, -0.2) is 43.1 Å². The minimum absolute atomic E-state index is 0.513. The molecule has 3 rings (SSSR count). The molecule has 21 heavy (non-hydrogen) atoms. The molecule has 3 heterocycles. The minimum atomic E-state index is -1.52. The Bertz CT molecular complexity index is 725. The first-order chi connectivity index (χ1) is 10.1. The molecule has 0 radical (unpaired) electrons. The Kier molecular flexibility index (Phi) is 3.43. The molecule has 1 aliphatic heterocycles. The monoisotopic (exact) mass is 296 g/mol. The fraction of sp³-hybridized carbons (Fsp3) is 0.417. The Hall–Kier alpha value is -2.26. The summed E-state index contributed by atoms with van der Waals surface area (Å²) < 4.78 is 22.4. The number of nitrogens with one attached hydrogen (secondary N) is 1. The number of alkyl halides is 1. The van der Waals surface area contributed by atoms with E-state index in [1.165, 1.54) is 23.3 Å². The largest absolute Gasteiger partial charge is 0.394 e. The van der Waals surface area contributed by atoms with Crippen LogP contribution in [0, 0.1) is 0 Å². The van der Waals surface area contributed by atoms with Gasteiger partial charge in [0.2, 0.25) is 0 Å². The lowest BCUT2D eigenvalue weighted by Crippen LogP contribution is -2.35. The lowest BCUT2D eigenvalue weighted by atomic mass is 10.1. The average Bonchev–Trinajstić information content (AvgIpc) is 3.06. The molecule has 112 valence electrons. The molecule has 2 N–H and O–H groups in total. The fourth-order valence-electron chi connectivity index (χ4n) is 2.47. The zero-order valence-corrected chi connectivity index (χ0v) is 10.8. The van der Waals surface area contributed by atoms with Gasteiger partial charge in [0.15, 0.2) is 12.4 Å². The Morgan fingerprint density at radius 1 is 1.43 bits per heavy atom. The molecule has 0 bridgehead atoms. The molecule has 0 spiro atoms. The Labute approximate surface area is 117 Å². The zero-order chi connectivity index (χ0) is 15.0. The highest BCUT2D eigenvalue weighted by Gasteiger charge is 2.47. The van der Waals surface area contributed by atoms with Crippen molar-refractivity contribution in [3.63, 3.8) is 0 Å². The first-order valence-electron chi connectivity index (χ1n) is 6.31. The van der Waals surface area contributed by atoms with Gasteiger partial charge >= 0.3 is 5.69 Å². The topological polar surface area (TPSA) is 102 Å². The van der Waals surface area contributed by atoms with Crippen LogP contribution in [0.3, 0.4) is 0 Å². The van der Waals surface area contributed by atoms with Gasteiger partial charge in [-0.15, -0.1) is 0 Å². The van der Waals surface area contributed by atoms with Crippen LogP contribution in [0.5, 0.6) is 0 Å². The van der Waals surface area contributed by atoms with Crippen molar-refractivity contribution < 1.29 is 14.2 Å². The number of aliphatic hydroxyl groups excluding tert-OH is 1. The molecule has 0 saturated carbocycles. The second-order valence-electron chi connectivity index (χ2n) is 4.71. The second kappa shape index (κ2) is 5.26. The zero-order valence-electron chi connectivity index (χ0n) is 10.8. The Morgan fingerprint density at radius 3 is 2.86 bits per heavy atom. The summed E-state index contributed by atoms with van der Waals surface area (Å²) in [5, 5.41) is 9.19. The molecule has 2 aromatic rings. The van der Waals surface area contributed by atoms with E-state index in [4.69, 9.17) is 4.74 Å². The molecule has 1 fully saturated rings. The van der Waals surface area contributed by atoms with Crippen LogP contribution in [0.15, 0.2) is 40.6 Å². The van der Waals surface area contributed by atoms with Gasteiger partial charge in [0.1, 0.15) is 12.1 Å². The predicted molar refractivity (Wildman–Crippen MR) is 68.5 cm³/mol. The van der Waals surface area contributed by atoms with Crippen molar-refractivity contribution in [1.29, 1.82) is 0 Å². The maximum Gasteiger partial charge on any atom is 0.330 e. The standard InChI is InChI=1S/C12H13FN4O4/c13-9-7(5-18)21-11(10(9)16-4-2-14-6-16)17-3-1-8(19)15-12(17)20/h1-4,6-7,9-11,18H,5H2,(H,15,19,20)/t7-,9-,10-,11-/m1/s1. The van der Waals surface area contributed by atoms with E-state index in [1.807, 2.05) is 0 Å². The number of ether oxygens (including phenoxy) is 1. The van der Waals surface area contributed by atoms with Gasteiger partial charge < -0.3 is 14.4 Å². The van der Waals surface area contributed by atoms with Gasteiger partial charge in [0.25, 0.3) is 5.56 Å². The molecule has 2 aromatic heterocycles. The summed E-state index contributed by atoms with van der Waals surface area (Å²) in [6.45, 7) is -0.513. The van der Waals surface area contributed by atoms with Crippen molar-refractivity contribution in [3.05, 3.63) is 51.8 Å². The normalized spacial score (nSPS) is 28.9. The fourth-order valence-corrected chi connectivity index (χ4v) is 2.47. The van der Waals surface area contributed by atoms with Crippen LogP contribution in [0.2, 0.25) is 0 Å². The SMILES string of the molecule is O=c1ccn([C@@H]2O[C@H](CO)[C@@H](F)[C@H]2n2ccnc2)c(=O)[nH]1. The third kappa shape index (κ3) is 2.30. The van der Waals surface area contributed by atoms with Gasteiger partial charge in [-0.2, -0.15) is 0 Å². The number of imidazole rings is 1. The molecule has 1 saturated heterocycles. The summed E-state index contributed by atoms with van der Waals surface area (Å²) in [6.07, 6.45) is 2.10. The predicted octanol–water partition coefficient (Wildman–Crippen LogP) is -0.798. The first kappa shape index (κ1) is 13.7. The van der Waals surface area contributed by atoms with Crippen molar-refractivity contribution in [2.45, 2.75) is 24.5 Å². The summed E-state index contributed by atoms with van der Waals surface area (Å²) in [5.41, 5.74) is -1.26. The van der Waals surface area contributed by atoms with Crippen LogP contribution in [0.25, 0.3) is 0 Å². The van der Waals surface area contributed by atoms with Gasteiger partial charge in [0, 0.05) is 24.7 Å². The number of aliphatic hydroxyl groups is 1. The number of hydrogen-bond donors (Lipinski definition) is 2. The summed E-state index contributed by atoms with van der Waals surface area (Å²) in [7, 11) is 0. The quantitative estimate of drug-likeness (QED) is 0.772. The number of aromatic amines is 1. The molecule has 0 aliphatic carbocycles. The van der Waals surface area contributed by atoms with Gasteiger partial charge in [-0.25, -0.2) is 14.2 Å². The van der Waals surface area contributed by atoms with Crippen LogP contribution in [0.1, 0.15) is 12.3 Å². The maximum absolute atomic E-state index is 14.4.